The molecule has 0 saturated carbocycles. The van der Waals surface area contributed by atoms with E-state index in [0.29, 0.717) is 11.9 Å². The number of halogens is 1. The molecule has 21 heavy (non-hydrogen) atoms. The number of benzene rings is 1. The van der Waals surface area contributed by atoms with Crippen LogP contribution in [-0.2, 0) is 0 Å². The average Bonchev–Trinajstić information content (AvgIpc) is 3.01. The number of nitrogens with zero attached hydrogens (tertiary/aromatic N) is 5. The summed E-state index contributed by atoms with van der Waals surface area (Å²) >= 11 is 7.62. The zero-order valence-corrected chi connectivity index (χ0v) is 12.6. The lowest BCUT2D eigenvalue weighted by molar-refractivity contribution is 0.899. The van der Waals surface area contributed by atoms with E-state index in [4.69, 9.17) is 11.6 Å². The lowest BCUT2D eigenvalue weighted by Gasteiger charge is -2.08. The van der Waals surface area contributed by atoms with Gasteiger partial charge in [0.05, 0.1) is 0 Å². The SMILES string of the molecule is CSc1cccc(Nc2nc(Cl)nc(-n3ccnc3)n2)c1. The van der Waals surface area contributed by atoms with E-state index in [1.807, 2.05) is 30.5 Å². The highest BCUT2D eigenvalue weighted by molar-refractivity contribution is 7.98. The first kappa shape index (κ1) is 13.8. The van der Waals surface area contributed by atoms with Crippen molar-refractivity contribution in [3.05, 3.63) is 48.3 Å². The zero-order valence-electron chi connectivity index (χ0n) is 11.1. The fourth-order valence-corrected chi connectivity index (χ4v) is 2.33. The Hall–Kier alpha value is -2.12. The van der Waals surface area contributed by atoms with Gasteiger partial charge in [-0.3, -0.25) is 4.57 Å². The molecule has 0 fully saturated rings. The number of hydrogen-bond acceptors (Lipinski definition) is 6. The summed E-state index contributed by atoms with van der Waals surface area (Å²) in [5.41, 5.74) is 0.890. The molecule has 2 aromatic heterocycles. The van der Waals surface area contributed by atoms with Crippen molar-refractivity contribution in [2.24, 2.45) is 0 Å². The quantitative estimate of drug-likeness (QED) is 0.745. The maximum absolute atomic E-state index is 5.95. The topological polar surface area (TPSA) is 68.5 Å². The van der Waals surface area contributed by atoms with Gasteiger partial charge >= 0.3 is 0 Å². The van der Waals surface area contributed by atoms with Gasteiger partial charge in [0.15, 0.2) is 0 Å². The Bertz CT molecular complexity index is 746. The van der Waals surface area contributed by atoms with Gasteiger partial charge in [-0.25, -0.2) is 4.98 Å². The molecular weight excluding hydrogens is 308 g/mol. The molecule has 0 spiro atoms. The molecule has 0 radical (unpaired) electrons. The van der Waals surface area contributed by atoms with Crippen LogP contribution in [0.1, 0.15) is 0 Å². The molecule has 0 aliphatic rings. The summed E-state index contributed by atoms with van der Waals surface area (Å²) in [5.74, 6) is 0.799. The molecule has 3 rings (SSSR count). The molecule has 1 aromatic carbocycles. The first-order valence-electron chi connectivity index (χ1n) is 6.05. The molecule has 0 bridgehead atoms. The van der Waals surface area contributed by atoms with E-state index in [9.17, 15) is 0 Å². The van der Waals surface area contributed by atoms with Gasteiger partial charge in [0.25, 0.3) is 0 Å². The Morgan fingerprint density at radius 3 is 2.90 bits per heavy atom. The van der Waals surface area contributed by atoms with Crippen LogP contribution in [0.3, 0.4) is 0 Å². The molecule has 0 aliphatic heterocycles. The van der Waals surface area contributed by atoms with E-state index in [1.54, 1.807) is 35.0 Å². The highest BCUT2D eigenvalue weighted by atomic mass is 35.5. The number of anilines is 2. The van der Waals surface area contributed by atoms with Gasteiger partial charge in [-0.05, 0) is 36.1 Å². The Balaban J connectivity index is 1.91. The Kier molecular flexibility index (Phi) is 4.03. The molecule has 0 unspecified atom stereocenters. The second kappa shape index (κ2) is 6.11. The maximum Gasteiger partial charge on any atom is 0.241 e. The van der Waals surface area contributed by atoms with Crippen LogP contribution < -0.4 is 5.32 Å². The van der Waals surface area contributed by atoms with Gasteiger partial charge in [0, 0.05) is 23.0 Å². The van der Waals surface area contributed by atoms with E-state index in [0.717, 1.165) is 10.6 Å². The normalized spacial score (nSPS) is 10.6. The summed E-state index contributed by atoms with van der Waals surface area (Å²) in [6, 6.07) is 7.95. The molecule has 8 heteroatoms. The smallest absolute Gasteiger partial charge is 0.241 e. The van der Waals surface area contributed by atoms with Gasteiger partial charge in [0.2, 0.25) is 17.2 Å². The molecule has 0 aliphatic carbocycles. The van der Waals surface area contributed by atoms with E-state index in [-0.39, 0.29) is 5.28 Å². The summed E-state index contributed by atoms with van der Waals surface area (Å²) in [4.78, 5) is 17.6. The van der Waals surface area contributed by atoms with Crippen LogP contribution in [0.2, 0.25) is 5.28 Å². The molecular formula is C13H11ClN6S. The number of hydrogen-bond donors (Lipinski definition) is 1. The molecule has 6 nitrogen and oxygen atoms in total. The maximum atomic E-state index is 5.95. The van der Waals surface area contributed by atoms with Crippen LogP contribution >= 0.6 is 23.4 Å². The van der Waals surface area contributed by atoms with Crippen molar-refractivity contribution in [2.75, 3.05) is 11.6 Å². The lowest BCUT2D eigenvalue weighted by Crippen LogP contribution is -2.05. The van der Waals surface area contributed by atoms with Crippen molar-refractivity contribution in [1.82, 2.24) is 24.5 Å². The van der Waals surface area contributed by atoms with Crippen LogP contribution in [0, 0.1) is 0 Å². The predicted molar refractivity (Wildman–Crippen MR) is 83.5 cm³/mol. The highest BCUT2D eigenvalue weighted by Crippen LogP contribution is 2.21. The second-order valence-corrected chi connectivity index (χ2v) is 5.27. The molecule has 106 valence electrons. The van der Waals surface area contributed by atoms with Crippen molar-refractivity contribution in [2.45, 2.75) is 4.90 Å². The summed E-state index contributed by atoms with van der Waals surface area (Å²) in [6.07, 6.45) is 7.01. The van der Waals surface area contributed by atoms with Crippen LogP contribution in [0.15, 0.2) is 47.9 Å². The van der Waals surface area contributed by atoms with Gasteiger partial charge in [-0.2, -0.15) is 15.0 Å². The third-order valence-electron chi connectivity index (χ3n) is 2.66. The molecule has 3 aromatic rings. The van der Waals surface area contributed by atoms with E-state index < -0.39 is 0 Å². The number of aromatic nitrogens is 5. The van der Waals surface area contributed by atoms with Crippen molar-refractivity contribution >= 4 is 35.0 Å². The predicted octanol–water partition coefficient (Wildman–Crippen LogP) is 3.18. The Labute approximate surface area is 130 Å². The summed E-state index contributed by atoms with van der Waals surface area (Å²) < 4.78 is 1.66. The van der Waals surface area contributed by atoms with Crippen molar-refractivity contribution in [3.63, 3.8) is 0 Å². The fourth-order valence-electron chi connectivity index (χ4n) is 1.72. The van der Waals surface area contributed by atoms with Crippen molar-refractivity contribution in [1.29, 1.82) is 0 Å². The largest absolute Gasteiger partial charge is 0.324 e. The Morgan fingerprint density at radius 2 is 2.14 bits per heavy atom. The average molecular weight is 319 g/mol. The van der Waals surface area contributed by atoms with Gasteiger partial charge < -0.3 is 5.32 Å². The number of nitrogens with one attached hydrogen (secondary N) is 1. The van der Waals surface area contributed by atoms with Crippen LogP contribution in [-0.4, -0.2) is 30.8 Å². The summed E-state index contributed by atoms with van der Waals surface area (Å²) in [5, 5.41) is 3.25. The highest BCUT2D eigenvalue weighted by Gasteiger charge is 2.07. The van der Waals surface area contributed by atoms with Gasteiger partial charge in [-0.1, -0.05) is 6.07 Å². The van der Waals surface area contributed by atoms with Crippen molar-refractivity contribution in [3.8, 4) is 5.95 Å². The zero-order chi connectivity index (χ0) is 14.7. The first-order chi connectivity index (χ1) is 10.2. The van der Waals surface area contributed by atoms with Crippen molar-refractivity contribution < 1.29 is 0 Å². The minimum atomic E-state index is 0.122. The molecule has 0 saturated heterocycles. The number of imidazole rings is 1. The second-order valence-electron chi connectivity index (χ2n) is 4.05. The molecule has 0 atom stereocenters. The van der Waals surface area contributed by atoms with E-state index in [2.05, 4.69) is 25.3 Å². The van der Waals surface area contributed by atoms with Gasteiger partial charge in [0.1, 0.15) is 6.33 Å². The summed E-state index contributed by atoms with van der Waals surface area (Å²) in [7, 11) is 0. The van der Waals surface area contributed by atoms with Crippen LogP contribution in [0.5, 0.6) is 0 Å². The molecule has 1 N–H and O–H groups in total. The minimum absolute atomic E-state index is 0.122. The first-order valence-corrected chi connectivity index (χ1v) is 7.66. The Morgan fingerprint density at radius 1 is 1.24 bits per heavy atom. The minimum Gasteiger partial charge on any atom is -0.324 e. The fraction of sp³-hybridized carbons (Fsp3) is 0.0769. The lowest BCUT2D eigenvalue weighted by atomic mass is 10.3. The molecule has 0 amide bonds. The third kappa shape index (κ3) is 3.32. The van der Waals surface area contributed by atoms with E-state index in [1.165, 1.54) is 0 Å². The van der Waals surface area contributed by atoms with Crippen LogP contribution in [0.4, 0.5) is 11.6 Å². The standard InChI is InChI=1S/C13H11ClN6S/c1-21-10-4-2-3-9(7-10)16-12-17-11(14)18-13(19-12)20-6-5-15-8-20/h2-8H,1H3,(H,16,17,18,19). The van der Waals surface area contributed by atoms with E-state index >= 15 is 0 Å². The van der Waals surface area contributed by atoms with Crippen LogP contribution in [0.25, 0.3) is 5.95 Å². The number of rotatable bonds is 4. The van der Waals surface area contributed by atoms with Gasteiger partial charge in [-0.15, -0.1) is 11.8 Å². The number of thioether (sulfide) groups is 1. The molecule has 2 heterocycles. The monoisotopic (exact) mass is 318 g/mol. The third-order valence-corrected chi connectivity index (χ3v) is 3.55. The summed E-state index contributed by atoms with van der Waals surface area (Å²) in [6.45, 7) is 0.